The summed E-state index contributed by atoms with van der Waals surface area (Å²) in [5, 5.41) is 9.14. The van der Waals surface area contributed by atoms with Crippen LogP contribution < -0.4 is 0 Å². The molecule has 0 aromatic rings. The minimum atomic E-state index is -4.26. The molecule has 1 heterocycles. The summed E-state index contributed by atoms with van der Waals surface area (Å²) >= 11 is 0. The Labute approximate surface area is 111 Å². The van der Waals surface area contributed by atoms with Gasteiger partial charge in [0.25, 0.3) is 0 Å². The molecule has 1 aliphatic heterocycles. The Bertz CT molecular complexity index is 271. The first-order valence-corrected chi connectivity index (χ1v) is 6.37. The molecule has 1 unspecified atom stereocenters. The summed E-state index contributed by atoms with van der Waals surface area (Å²) < 4.78 is 45.8. The Morgan fingerprint density at radius 1 is 1.42 bits per heavy atom. The zero-order chi connectivity index (χ0) is 14.5. The first kappa shape index (κ1) is 16.7. The van der Waals surface area contributed by atoms with Crippen LogP contribution in [0.4, 0.5) is 13.2 Å². The number of aliphatic hydroxyl groups excluding tert-OH is 1. The van der Waals surface area contributed by atoms with Crippen LogP contribution in [0.15, 0.2) is 0 Å². The molecule has 0 aromatic heterocycles. The normalized spacial score (nSPS) is 24.6. The average molecular weight is 285 g/mol. The second-order valence-electron chi connectivity index (χ2n) is 5.44. The second kappa shape index (κ2) is 6.88. The van der Waals surface area contributed by atoms with E-state index in [-0.39, 0.29) is 24.9 Å². The molecule has 1 aliphatic rings. The molecular weight excluding hydrogens is 263 g/mol. The van der Waals surface area contributed by atoms with E-state index in [4.69, 9.17) is 9.84 Å². The van der Waals surface area contributed by atoms with Crippen LogP contribution in [0, 0.1) is 0 Å². The molecule has 1 fully saturated rings. The summed E-state index contributed by atoms with van der Waals surface area (Å²) in [5.41, 5.74) is -0.349. The van der Waals surface area contributed by atoms with Gasteiger partial charge >= 0.3 is 6.18 Å². The van der Waals surface area contributed by atoms with Crippen LogP contribution in [0.5, 0.6) is 0 Å². The van der Waals surface area contributed by atoms with Gasteiger partial charge in [-0.05, 0) is 20.3 Å². The highest BCUT2D eigenvalue weighted by molar-refractivity contribution is 4.83. The number of hydrogen-bond acceptors (Lipinski definition) is 4. The van der Waals surface area contributed by atoms with E-state index >= 15 is 0 Å². The van der Waals surface area contributed by atoms with Crippen LogP contribution in [0.1, 0.15) is 20.3 Å². The van der Waals surface area contributed by atoms with Crippen molar-refractivity contribution in [1.29, 1.82) is 0 Å². The Balaban J connectivity index is 2.21. The molecule has 0 saturated carbocycles. The number of hydrogen-bond donors (Lipinski definition) is 1. The monoisotopic (exact) mass is 285 g/mol. The highest BCUT2D eigenvalue weighted by Crippen LogP contribution is 2.21. The standard InChI is InChI=1S/C12H22F3NO3/c1-11(2)8-16(6-10(7-17)19-11)4-3-5-18-9-12(13,14)15/h10,17H,3-9H2,1-2H3. The molecule has 1 N–H and O–H groups in total. The van der Waals surface area contributed by atoms with Gasteiger partial charge in [-0.2, -0.15) is 13.2 Å². The number of nitrogens with zero attached hydrogens (tertiary/aromatic N) is 1. The van der Waals surface area contributed by atoms with Crippen molar-refractivity contribution < 1.29 is 27.8 Å². The van der Waals surface area contributed by atoms with Crippen molar-refractivity contribution >= 4 is 0 Å². The summed E-state index contributed by atoms with van der Waals surface area (Å²) in [5.74, 6) is 0. The fourth-order valence-electron chi connectivity index (χ4n) is 2.26. The Morgan fingerprint density at radius 3 is 2.68 bits per heavy atom. The van der Waals surface area contributed by atoms with Gasteiger partial charge in [-0.1, -0.05) is 0 Å². The van der Waals surface area contributed by atoms with Gasteiger partial charge in [0.05, 0.1) is 18.3 Å². The lowest BCUT2D eigenvalue weighted by Crippen LogP contribution is -2.54. The number of ether oxygens (including phenoxy) is 2. The van der Waals surface area contributed by atoms with Crippen molar-refractivity contribution in [2.45, 2.75) is 38.1 Å². The average Bonchev–Trinajstić information content (AvgIpc) is 2.24. The smallest absolute Gasteiger partial charge is 0.394 e. The molecule has 0 aromatic carbocycles. The quantitative estimate of drug-likeness (QED) is 0.750. The molecule has 4 nitrogen and oxygen atoms in total. The van der Waals surface area contributed by atoms with Gasteiger partial charge in [0.2, 0.25) is 0 Å². The molecule has 0 radical (unpaired) electrons. The Kier molecular flexibility index (Phi) is 6.04. The van der Waals surface area contributed by atoms with Crippen LogP contribution in [-0.4, -0.2) is 67.3 Å². The van der Waals surface area contributed by atoms with E-state index in [2.05, 4.69) is 9.64 Å². The summed E-state index contributed by atoms with van der Waals surface area (Å²) in [6.07, 6.45) is -3.97. The van der Waals surface area contributed by atoms with Crippen molar-refractivity contribution in [3.8, 4) is 0 Å². The van der Waals surface area contributed by atoms with E-state index in [1.807, 2.05) is 13.8 Å². The maximum Gasteiger partial charge on any atom is 0.411 e. The van der Waals surface area contributed by atoms with Crippen molar-refractivity contribution in [2.24, 2.45) is 0 Å². The van der Waals surface area contributed by atoms with E-state index in [1.54, 1.807) is 0 Å². The maximum absolute atomic E-state index is 11.9. The van der Waals surface area contributed by atoms with E-state index in [0.717, 1.165) is 0 Å². The maximum atomic E-state index is 11.9. The third-order valence-electron chi connectivity index (χ3n) is 2.78. The van der Waals surface area contributed by atoms with Gasteiger partial charge in [0.1, 0.15) is 6.61 Å². The number of aliphatic hydroxyl groups is 1. The van der Waals surface area contributed by atoms with Crippen LogP contribution in [0.2, 0.25) is 0 Å². The van der Waals surface area contributed by atoms with Crippen molar-refractivity contribution in [3.63, 3.8) is 0 Å². The van der Waals surface area contributed by atoms with Gasteiger partial charge in [-0.25, -0.2) is 0 Å². The lowest BCUT2D eigenvalue weighted by atomic mass is 10.1. The van der Waals surface area contributed by atoms with Crippen molar-refractivity contribution in [2.75, 3.05) is 39.5 Å². The molecule has 0 amide bonds. The van der Waals surface area contributed by atoms with Crippen molar-refractivity contribution in [3.05, 3.63) is 0 Å². The first-order valence-electron chi connectivity index (χ1n) is 6.37. The van der Waals surface area contributed by atoms with Gasteiger partial charge in [-0.3, -0.25) is 4.90 Å². The first-order chi connectivity index (χ1) is 8.72. The lowest BCUT2D eigenvalue weighted by Gasteiger charge is -2.42. The van der Waals surface area contributed by atoms with E-state index in [0.29, 0.717) is 26.1 Å². The van der Waals surface area contributed by atoms with Gasteiger partial charge < -0.3 is 14.6 Å². The minimum Gasteiger partial charge on any atom is -0.394 e. The molecule has 0 spiro atoms. The third kappa shape index (κ3) is 7.10. The largest absolute Gasteiger partial charge is 0.411 e. The fourth-order valence-corrected chi connectivity index (χ4v) is 2.26. The number of alkyl halides is 3. The number of rotatable bonds is 6. The molecule has 0 aliphatic carbocycles. The molecule has 19 heavy (non-hydrogen) atoms. The summed E-state index contributed by atoms with van der Waals surface area (Å²) in [6.45, 7) is 4.64. The van der Waals surface area contributed by atoms with Crippen LogP contribution in [0.25, 0.3) is 0 Å². The van der Waals surface area contributed by atoms with Crippen LogP contribution in [0.3, 0.4) is 0 Å². The van der Waals surface area contributed by atoms with Crippen LogP contribution >= 0.6 is 0 Å². The molecule has 7 heteroatoms. The summed E-state index contributed by atoms with van der Waals surface area (Å²) in [7, 11) is 0. The molecule has 114 valence electrons. The zero-order valence-corrected chi connectivity index (χ0v) is 11.4. The van der Waals surface area contributed by atoms with Gasteiger partial charge in [0, 0.05) is 26.2 Å². The topological polar surface area (TPSA) is 41.9 Å². The minimum absolute atomic E-state index is 0.0511. The van der Waals surface area contributed by atoms with Gasteiger partial charge in [0.15, 0.2) is 0 Å². The molecular formula is C12H22F3NO3. The van der Waals surface area contributed by atoms with E-state index in [9.17, 15) is 13.2 Å². The fraction of sp³-hybridized carbons (Fsp3) is 1.00. The summed E-state index contributed by atoms with van der Waals surface area (Å²) in [4.78, 5) is 2.08. The highest BCUT2D eigenvalue weighted by Gasteiger charge is 2.32. The molecule has 1 rings (SSSR count). The SMILES string of the molecule is CC1(C)CN(CCCOCC(F)(F)F)CC(CO)O1. The predicted octanol–water partition coefficient (Wildman–Crippen LogP) is 1.43. The Morgan fingerprint density at radius 2 is 2.11 bits per heavy atom. The summed E-state index contributed by atoms with van der Waals surface area (Å²) in [6, 6.07) is 0. The van der Waals surface area contributed by atoms with E-state index in [1.165, 1.54) is 0 Å². The zero-order valence-electron chi connectivity index (χ0n) is 11.4. The lowest BCUT2D eigenvalue weighted by molar-refractivity contribution is -0.175. The number of morpholine rings is 1. The highest BCUT2D eigenvalue weighted by atomic mass is 19.4. The second-order valence-corrected chi connectivity index (χ2v) is 5.44. The molecule has 1 atom stereocenters. The van der Waals surface area contributed by atoms with Gasteiger partial charge in [-0.15, -0.1) is 0 Å². The third-order valence-corrected chi connectivity index (χ3v) is 2.78. The molecule has 0 bridgehead atoms. The van der Waals surface area contributed by atoms with Crippen molar-refractivity contribution in [1.82, 2.24) is 4.90 Å². The number of halogens is 3. The predicted molar refractivity (Wildman–Crippen MR) is 64.0 cm³/mol. The Hall–Kier alpha value is -0.370. The van der Waals surface area contributed by atoms with Crippen LogP contribution in [-0.2, 0) is 9.47 Å². The molecule has 1 saturated heterocycles. The van der Waals surface area contributed by atoms with E-state index < -0.39 is 12.8 Å².